The molecule has 0 unspecified atom stereocenters. The van der Waals surface area contributed by atoms with Crippen molar-refractivity contribution in [2.24, 2.45) is 0 Å². The quantitative estimate of drug-likeness (QED) is 0.503. The summed E-state index contributed by atoms with van der Waals surface area (Å²) in [6.07, 6.45) is 0. The number of para-hydroxylation sites is 1. The first-order valence-electron chi connectivity index (χ1n) is 8.23. The molecule has 2 heterocycles. The molecule has 7 nitrogen and oxygen atoms in total. The zero-order valence-electron chi connectivity index (χ0n) is 14.5. The van der Waals surface area contributed by atoms with Gasteiger partial charge < -0.3 is 5.73 Å². The van der Waals surface area contributed by atoms with E-state index in [9.17, 15) is 8.42 Å². The number of rotatable bonds is 4. The number of anilines is 2. The number of benzene rings is 2. The lowest BCUT2D eigenvalue weighted by Crippen LogP contribution is -2.13. The number of hydrogen-bond donors (Lipinski definition) is 3. The highest BCUT2D eigenvalue weighted by Gasteiger charge is 2.16. The predicted octanol–water partition coefficient (Wildman–Crippen LogP) is 3.32. The van der Waals surface area contributed by atoms with Crippen LogP contribution in [0, 0.1) is 6.92 Å². The molecule has 0 amide bonds. The van der Waals surface area contributed by atoms with Gasteiger partial charge in [0.05, 0.1) is 16.1 Å². The molecule has 27 heavy (non-hydrogen) atoms. The maximum atomic E-state index is 12.6. The Kier molecular flexibility index (Phi) is 4.04. The first kappa shape index (κ1) is 17.0. The number of fused-ring (bicyclic) bond motifs is 1. The van der Waals surface area contributed by atoms with Crippen LogP contribution in [0.4, 0.5) is 11.5 Å². The van der Waals surface area contributed by atoms with Crippen molar-refractivity contribution in [1.29, 1.82) is 0 Å². The van der Waals surface area contributed by atoms with E-state index in [0.717, 1.165) is 16.6 Å². The van der Waals surface area contributed by atoms with Gasteiger partial charge in [-0.1, -0.05) is 24.3 Å². The monoisotopic (exact) mass is 379 g/mol. The van der Waals surface area contributed by atoms with Crippen molar-refractivity contribution in [3.05, 3.63) is 66.2 Å². The summed E-state index contributed by atoms with van der Waals surface area (Å²) in [5.41, 5.74) is 10.0. The first-order chi connectivity index (χ1) is 12.9. The van der Waals surface area contributed by atoms with Crippen LogP contribution in [0.15, 0.2) is 65.6 Å². The second-order valence-electron chi connectivity index (χ2n) is 6.15. The summed E-state index contributed by atoms with van der Waals surface area (Å²) in [5, 5.41) is 6.75. The zero-order valence-corrected chi connectivity index (χ0v) is 15.3. The van der Waals surface area contributed by atoms with Crippen LogP contribution in [0.1, 0.15) is 5.56 Å². The Bertz CT molecular complexity index is 1230. The van der Waals surface area contributed by atoms with Gasteiger partial charge in [0.2, 0.25) is 0 Å². The lowest BCUT2D eigenvalue weighted by Gasteiger charge is -2.11. The third-order valence-electron chi connectivity index (χ3n) is 4.24. The van der Waals surface area contributed by atoms with Gasteiger partial charge in [0.15, 0.2) is 5.82 Å². The van der Waals surface area contributed by atoms with Crippen LogP contribution in [0.25, 0.3) is 22.3 Å². The lowest BCUT2D eigenvalue weighted by atomic mass is 10.1. The van der Waals surface area contributed by atoms with Crippen molar-refractivity contribution in [2.75, 3.05) is 10.5 Å². The molecule has 0 aliphatic carbocycles. The molecule has 0 saturated heterocycles. The van der Waals surface area contributed by atoms with Crippen LogP contribution in [-0.2, 0) is 10.0 Å². The average molecular weight is 379 g/mol. The second kappa shape index (κ2) is 6.40. The van der Waals surface area contributed by atoms with Gasteiger partial charge in [0, 0.05) is 11.3 Å². The van der Waals surface area contributed by atoms with E-state index in [2.05, 4.69) is 19.9 Å². The fraction of sp³-hybridized carbons (Fsp3) is 0.0526. The molecule has 2 aromatic heterocycles. The van der Waals surface area contributed by atoms with Crippen LogP contribution in [-0.4, -0.2) is 23.6 Å². The molecule has 0 spiro atoms. The number of nitrogens with one attached hydrogen (secondary N) is 2. The van der Waals surface area contributed by atoms with Crippen LogP contribution < -0.4 is 10.5 Å². The van der Waals surface area contributed by atoms with Crippen LogP contribution in [0.2, 0.25) is 0 Å². The van der Waals surface area contributed by atoms with Gasteiger partial charge in [-0.15, -0.1) is 0 Å². The van der Waals surface area contributed by atoms with Gasteiger partial charge in [0.1, 0.15) is 5.52 Å². The molecule has 4 rings (SSSR count). The van der Waals surface area contributed by atoms with Crippen LogP contribution in [0.3, 0.4) is 0 Å². The minimum Gasteiger partial charge on any atom is -0.380 e. The number of aromatic nitrogens is 3. The standard InChI is InChI=1S/C19H17N5O2S/c1-12-11-14(27(25,26)24-13-5-3-2-4-6-13)7-8-15(12)16-9-10-17-18(21-16)19(20)23-22-17/h2-11,24H,1H3,(H3,20,22,23). The maximum Gasteiger partial charge on any atom is 0.261 e. The van der Waals surface area contributed by atoms with E-state index in [0.29, 0.717) is 22.7 Å². The van der Waals surface area contributed by atoms with E-state index in [1.807, 2.05) is 25.1 Å². The number of aryl methyl sites for hydroxylation is 1. The molecule has 0 saturated carbocycles. The molecule has 0 fully saturated rings. The van der Waals surface area contributed by atoms with E-state index in [1.165, 1.54) is 0 Å². The van der Waals surface area contributed by atoms with Gasteiger partial charge in [-0.3, -0.25) is 9.82 Å². The number of nitrogens with zero attached hydrogens (tertiary/aromatic N) is 2. The molecule has 8 heteroatoms. The number of H-pyrrole nitrogens is 1. The van der Waals surface area contributed by atoms with Crippen molar-refractivity contribution in [1.82, 2.24) is 15.2 Å². The number of pyridine rings is 1. The normalized spacial score (nSPS) is 11.6. The summed E-state index contributed by atoms with van der Waals surface area (Å²) in [5.74, 6) is 0.329. The highest BCUT2D eigenvalue weighted by Crippen LogP contribution is 2.27. The maximum absolute atomic E-state index is 12.6. The minimum absolute atomic E-state index is 0.191. The van der Waals surface area contributed by atoms with Crippen molar-refractivity contribution in [3.63, 3.8) is 0 Å². The van der Waals surface area contributed by atoms with E-state index < -0.39 is 10.0 Å². The lowest BCUT2D eigenvalue weighted by molar-refractivity contribution is 0.601. The average Bonchev–Trinajstić information content (AvgIpc) is 3.02. The summed E-state index contributed by atoms with van der Waals surface area (Å²) in [4.78, 5) is 4.73. The van der Waals surface area contributed by atoms with Gasteiger partial charge >= 0.3 is 0 Å². The first-order valence-corrected chi connectivity index (χ1v) is 9.72. The molecular weight excluding hydrogens is 362 g/mol. The Morgan fingerprint density at radius 1 is 1.04 bits per heavy atom. The van der Waals surface area contributed by atoms with E-state index in [-0.39, 0.29) is 4.90 Å². The summed E-state index contributed by atoms with van der Waals surface area (Å²) in [6.45, 7) is 1.85. The predicted molar refractivity (Wildman–Crippen MR) is 106 cm³/mol. The van der Waals surface area contributed by atoms with Gasteiger partial charge in [-0.25, -0.2) is 13.4 Å². The molecule has 0 aliphatic rings. The number of sulfonamides is 1. The minimum atomic E-state index is -3.67. The molecule has 4 aromatic rings. The Morgan fingerprint density at radius 2 is 1.81 bits per heavy atom. The molecular formula is C19H17N5O2S. The van der Waals surface area contributed by atoms with E-state index in [4.69, 9.17) is 5.73 Å². The fourth-order valence-corrected chi connectivity index (χ4v) is 4.02. The number of hydrogen-bond acceptors (Lipinski definition) is 5. The molecule has 2 aromatic carbocycles. The Labute approximate surface area is 156 Å². The molecule has 0 radical (unpaired) electrons. The van der Waals surface area contributed by atoms with Crippen LogP contribution in [0.5, 0.6) is 0 Å². The Hall–Kier alpha value is -3.39. The zero-order chi connectivity index (χ0) is 19.0. The molecule has 0 atom stereocenters. The molecule has 0 aliphatic heterocycles. The highest BCUT2D eigenvalue weighted by molar-refractivity contribution is 7.92. The molecule has 4 N–H and O–H groups in total. The van der Waals surface area contributed by atoms with Crippen molar-refractivity contribution < 1.29 is 8.42 Å². The number of aromatic amines is 1. The van der Waals surface area contributed by atoms with Crippen molar-refractivity contribution >= 4 is 32.6 Å². The highest BCUT2D eigenvalue weighted by atomic mass is 32.2. The van der Waals surface area contributed by atoms with Crippen LogP contribution >= 0.6 is 0 Å². The Balaban J connectivity index is 1.70. The number of nitrogens with two attached hydrogens (primary N) is 1. The third-order valence-corrected chi connectivity index (χ3v) is 5.62. The van der Waals surface area contributed by atoms with Crippen molar-refractivity contribution in [2.45, 2.75) is 11.8 Å². The van der Waals surface area contributed by atoms with Crippen molar-refractivity contribution in [3.8, 4) is 11.3 Å². The summed E-state index contributed by atoms with van der Waals surface area (Å²) >= 11 is 0. The summed E-state index contributed by atoms with van der Waals surface area (Å²) < 4.78 is 27.8. The second-order valence-corrected chi connectivity index (χ2v) is 7.83. The third kappa shape index (κ3) is 3.22. The fourth-order valence-electron chi connectivity index (χ4n) is 2.88. The van der Waals surface area contributed by atoms with Gasteiger partial charge in [-0.05, 0) is 48.9 Å². The summed E-state index contributed by atoms with van der Waals surface area (Å²) in [6, 6.07) is 17.4. The smallest absolute Gasteiger partial charge is 0.261 e. The van der Waals surface area contributed by atoms with Gasteiger partial charge in [-0.2, -0.15) is 5.10 Å². The SMILES string of the molecule is Cc1cc(S(=O)(=O)Nc2ccccc2)ccc1-c1ccc2[nH]nc(N)c2n1. The molecule has 0 bridgehead atoms. The van der Waals surface area contributed by atoms with Gasteiger partial charge in [0.25, 0.3) is 10.0 Å². The Morgan fingerprint density at radius 3 is 2.56 bits per heavy atom. The summed E-state index contributed by atoms with van der Waals surface area (Å²) in [7, 11) is -3.67. The topological polar surface area (TPSA) is 114 Å². The van der Waals surface area contributed by atoms with E-state index >= 15 is 0 Å². The molecule has 136 valence electrons. The van der Waals surface area contributed by atoms with E-state index in [1.54, 1.807) is 42.5 Å². The largest absolute Gasteiger partial charge is 0.380 e. The number of nitrogen functional groups attached to an aromatic ring is 1.